The third-order valence-corrected chi connectivity index (χ3v) is 4.06. The highest BCUT2D eigenvalue weighted by Gasteiger charge is 2.25. The van der Waals surface area contributed by atoms with Crippen LogP contribution >= 0.6 is 15.9 Å². The number of halogens is 2. The van der Waals surface area contributed by atoms with Gasteiger partial charge in [-0.05, 0) is 44.7 Å². The number of hydrogen-bond donors (Lipinski definition) is 1. The first-order valence-corrected chi connectivity index (χ1v) is 7.52. The fraction of sp³-hybridized carbons (Fsp3) is 0.400. The second-order valence-corrected chi connectivity index (χ2v) is 5.88. The summed E-state index contributed by atoms with van der Waals surface area (Å²) in [6.45, 7) is 4.09. The molecule has 0 amide bonds. The lowest BCUT2D eigenvalue weighted by Gasteiger charge is -2.22. The molecule has 114 valence electrons. The van der Waals surface area contributed by atoms with Crippen LogP contribution in [0.5, 0.6) is 5.75 Å². The van der Waals surface area contributed by atoms with Gasteiger partial charge in [0, 0.05) is 10.5 Å². The topological polar surface area (TPSA) is 39.1 Å². The number of nitrogens with zero attached hydrogens (tertiary/aromatic N) is 2. The van der Waals surface area contributed by atoms with Crippen LogP contribution in [0.25, 0.3) is 0 Å². The molecule has 0 bridgehead atoms. The van der Waals surface area contributed by atoms with Crippen molar-refractivity contribution in [1.82, 2.24) is 15.1 Å². The molecular weight excluding hydrogens is 337 g/mol. The number of hydrogen-bond acceptors (Lipinski definition) is 3. The van der Waals surface area contributed by atoms with Crippen LogP contribution in [0, 0.1) is 5.82 Å². The van der Waals surface area contributed by atoms with Crippen molar-refractivity contribution < 1.29 is 9.13 Å². The van der Waals surface area contributed by atoms with Crippen molar-refractivity contribution in [1.29, 1.82) is 0 Å². The van der Waals surface area contributed by atoms with Crippen LogP contribution in [0.3, 0.4) is 0 Å². The van der Waals surface area contributed by atoms with Crippen molar-refractivity contribution in [3.05, 3.63) is 45.9 Å². The molecule has 0 aliphatic heterocycles. The first-order valence-electron chi connectivity index (χ1n) is 6.73. The van der Waals surface area contributed by atoms with Crippen molar-refractivity contribution in [2.45, 2.75) is 25.9 Å². The fourth-order valence-electron chi connectivity index (χ4n) is 2.37. The molecule has 2 aromatic rings. The molecule has 0 fully saturated rings. The summed E-state index contributed by atoms with van der Waals surface area (Å²) < 4.78 is 21.8. The van der Waals surface area contributed by atoms with Crippen molar-refractivity contribution in [3.8, 4) is 5.75 Å². The average Bonchev–Trinajstić information content (AvgIpc) is 2.87. The molecule has 0 radical (unpaired) electrons. The van der Waals surface area contributed by atoms with Gasteiger partial charge in [0.2, 0.25) is 0 Å². The van der Waals surface area contributed by atoms with Gasteiger partial charge in [-0.3, -0.25) is 4.68 Å². The SMILES string of the molecule is CNC(c1cc(F)ccc1Br)c1c(OC)cnn1C(C)C. The van der Waals surface area contributed by atoms with E-state index in [1.807, 2.05) is 25.6 Å². The summed E-state index contributed by atoms with van der Waals surface area (Å²) >= 11 is 3.49. The molecule has 0 aliphatic carbocycles. The Morgan fingerprint density at radius 2 is 2.10 bits per heavy atom. The van der Waals surface area contributed by atoms with Crippen LogP contribution in [-0.4, -0.2) is 23.9 Å². The minimum atomic E-state index is -0.275. The Hall–Kier alpha value is -1.40. The van der Waals surface area contributed by atoms with Crippen molar-refractivity contribution in [2.75, 3.05) is 14.2 Å². The summed E-state index contributed by atoms with van der Waals surface area (Å²) in [4.78, 5) is 0. The molecule has 0 aliphatic rings. The smallest absolute Gasteiger partial charge is 0.161 e. The Morgan fingerprint density at radius 1 is 1.38 bits per heavy atom. The number of ether oxygens (including phenoxy) is 1. The minimum absolute atomic E-state index is 0.173. The van der Waals surface area contributed by atoms with Gasteiger partial charge in [-0.15, -0.1) is 0 Å². The lowest BCUT2D eigenvalue weighted by molar-refractivity contribution is 0.396. The van der Waals surface area contributed by atoms with Crippen molar-refractivity contribution in [2.24, 2.45) is 0 Å². The molecule has 1 unspecified atom stereocenters. The van der Waals surface area contributed by atoms with Crippen LogP contribution in [0.2, 0.25) is 0 Å². The summed E-state index contributed by atoms with van der Waals surface area (Å²) in [5.41, 5.74) is 1.68. The van der Waals surface area contributed by atoms with Crippen LogP contribution in [-0.2, 0) is 0 Å². The van der Waals surface area contributed by atoms with Crippen molar-refractivity contribution >= 4 is 15.9 Å². The maximum atomic E-state index is 13.6. The zero-order valence-corrected chi connectivity index (χ0v) is 14.1. The van der Waals surface area contributed by atoms with Crippen LogP contribution < -0.4 is 10.1 Å². The van der Waals surface area contributed by atoms with E-state index >= 15 is 0 Å². The minimum Gasteiger partial charge on any atom is -0.493 e. The average molecular weight is 356 g/mol. The molecule has 1 aromatic heterocycles. The van der Waals surface area contributed by atoms with Gasteiger partial charge >= 0.3 is 0 Å². The molecule has 1 heterocycles. The number of benzene rings is 1. The number of rotatable bonds is 5. The summed E-state index contributed by atoms with van der Waals surface area (Å²) in [5.74, 6) is 0.405. The number of aromatic nitrogens is 2. The van der Waals surface area contributed by atoms with Crippen molar-refractivity contribution in [3.63, 3.8) is 0 Å². The van der Waals surface area contributed by atoms with E-state index in [0.717, 1.165) is 15.7 Å². The normalized spacial score (nSPS) is 12.7. The Bertz CT molecular complexity index is 627. The lowest BCUT2D eigenvalue weighted by atomic mass is 10.0. The maximum Gasteiger partial charge on any atom is 0.161 e. The zero-order valence-electron chi connectivity index (χ0n) is 12.5. The fourth-order valence-corrected chi connectivity index (χ4v) is 2.85. The molecular formula is C15H19BrFN3O. The standard InChI is InChI=1S/C15H19BrFN3O/c1-9(2)20-15(13(21-4)8-19-20)14(18-3)11-7-10(17)5-6-12(11)16/h5-9,14,18H,1-4H3. The van der Waals surface area contributed by atoms with Gasteiger partial charge in [0.05, 0.1) is 19.3 Å². The van der Waals surface area contributed by atoms with Crippen LogP contribution in [0.4, 0.5) is 4.39 Å². The maximum absolute atomic E-state index is 13.6. The Kier molecular flexibility index (Phi) is 5.00. The van der Waals surface area contributed by atoms with Gasteiger partial charge in [-0.2, -0.15) is 5.10 Å². The van der Waals surface area contributed by atoms with E-state index < -0.39 is 0 Å². The van der Waals surface area contributed by atoms with E-state index in [2.05, 4.69) is 26.3 Å². The quantitative estimate of drug-likeness (QED) is 0.888. The third kappa shape index (κ3) is 3.11. The number of methoxy groups -OCH3 is 1. The van der Waals surface area contributed by atoms with Gasteiger partial charge in [0.25, 0.3) is 0 Å². The molecule has 1 aromatic carbocycles. The molecule has 0 saturated heterocycles. The Balaban J connectivity index is 2.61. The molecule has 1 atom stereocenters. The Morgan fingerprint density at radius 3 is 2.67 bits per heavy atom. The van der Waals surface area contributed by atoms with Gasteiger partial charge < -0.3 is 10.1 Å². The second kappa shape index (κ2) is 6.58. The second-order valence-electron chi connectivity index (χ2n) is 5.02. The highest BCUT2D eigenvalue weighted by Crippen LogP contribution is 2.35. The number of nitrogens with one attached hydrogen (secondary N) is 1. The van der Waals surface area contributed by atoms with E-state index in [4.69, 9.17) is 4.74 Å². The molecule has 4 nitrogen and oxygen atoms in total. The molecule has 0 saturated carbocycles. The van der Waals surface area contributed by atoms with E-state index in [-0.39, 0.29) is 17.9 Å². The zero-order chi connectivity index (χ0) is 15.6. The Labute approximate surface area is 132 Å². The van der Waals surface area contributed by atoms with Crippen LogP contribution in [0.1, 0.15) is 37.2 Å². The predicted molar refractivity (Wildman–Crippen MR) is 84.2 cm³/mol. The first-order chi connectivity index (χ1) is 9.99. The van der Waals surface area contributed by atoms with Gasteiger partial charge in [-0.1, -0.05) is 15.9 Å². The third-order valence-electron chi connectivity index (χ3n) is 3.34. The summed E-state index contributed by atoms with van der Waals surface area (Å²) in [6, 6.07) is 4.60. The van der Waals surface area contributed by atoms with Crippen LogP contribution in [0.15, 0.2) is 28.9 Å². The molecule has 6 heteroatoms. The molecule has 2 rings (SSSR count). The van der Waals surface area contributed by atoms with Gasteiger partial charge in [-0.25, -0.2) is 4.39 Å². The lowest BCUT2D eigenvalue weighted by Crippen LogP contribution is -2.23. The van der Waals surface area contributed by atoms with Gasteiger partial charge in [0.15, 0.2) is 5.75 Å². The largest absolute Gasteiger partial charge is 0.493 e. The monoisotopic (exact) mass is 355 g/mol. The highest BCUT2D eigenvalue weighted by molar-refractivity contribution is 9.10. The molecule has 0 spiro atoms. The summed E-state index contributed by atoms with van der Waals surface area (Å²) in [6.07, 6.45) is 1.69. The van der Waals surface area contributed by atoms with E-state index in [9.17, 15) is 4.39 Å². The summed E-state index contributed by atoms with van der Waals surface area (Å²) in [5, 5.41) is 7.60. The van der Waals surface area contributed by atoms with E-state index in [0.29, 0.717) is 5.75 Å². The van der Waals surface area contributed by atoms with E-state index in [1.165, 1.54) is 12.1 Å². The van der Waals surface area contributed by atoms with E-state index in [1.54, 1.807) is 19.4 Å². The van der Waals surface area contributed by atoms with Gasteiger partial charge in [0.1, 0.15) is 11.5 Å². The first kappa shape index (κ1) is 16.0. The summed E-state index contributed by atoms with van der Waals surface area (Å²) in [7, 11) is 3.44. The molecule has 21 heavy (non-hydrogen) atoms. The highest BCUT2D eigenvalue weighted by atomic mass is 79.9. The molecule has 1 N–H and O–H groups in total. The predicted octanol–water partition coefficient (Wildman–Crippen LogP) is 3.68.